The quantitative estimate of drug-likeness (QED) is 0.375. The number of nitrogens with one attached hydrogen (secondary N) is 2. The fourth-order valence-corrected chi connectivity index (χ4v) is 5.19. The van der Waals surface area contributed by atoms with Crippen molar-refractivity contribution in [2.24, 2.45) is 0 Å². The number of rotatable bonds is 4. The van der Waals surface area contributed by atoms with E-state index >= 15 is 0 Å². The first kappa shape index (κ1) is 19.8. The summed E-state index contributed by atoms with van der Waals surface area (Å²) in [6, 6.07) is 3.76. The number of amides is 1. The number of carbonyl (C=O) groups excluding carboxylic acids is 1. The normalized spacial score (nSPS) is 17.0. The summed E-state index contributed by atoms with van der Waals surface area (Å²) in [6.45, 7) is 5.05. The summed E-state index contributed by atoms with van der Waals surface area (Å²) in [5, 5.41) is 1.52. The molecule has 1 fully saturated rings. The van der Waals surface area contributed by atoms with Gasteiger partial charge in [0.2, 0.25) is 5.91 Å². The number of aryl methyl sites for hydroxylation is 2. The summed E-state index contributed by atoms with van der Waals surface area (Å²) in [7, 11) is 0. The average Bonchev–Trinajstić information content (AvgIpc) is 3.34. The SMILES string of the molecule is Cc1cc(C)nc(SCC(=O)N2CCCC(n3c(=O)[nH]c4cnc5[nH]ccc5c43)C2)n1. The number of thioether (sulfide) groups is 1. The number of aromatic nitrogens is 6. The molecule has 5 heterocycles. The van der Waals surface area contributed by atoms with Crippen LogP contribution in [0.3, 0.4) is 0 Å². The van der Waals surface area contributed by atoms with Crippen molar-refractivity contribution in [1.29, 1.82) is 0 Å². The minimum atomic E-state index is -0.164. The molecule has 10 heteroatoms. The molecule has 0 radical (unpaired) electrons. The van der Waals surface area contributed by atoms with Gasteiger partial charge in [-0.05, 0) is 38.8 Å². The molecule has 0 aromatic carbocycles. The molecular weight excluding hydrogens is 414 g/mol. The second-order valence-electron chi connectivity index (χ2n) is 7.92. The van der Waals surface area contributed by atoms with Crippen molar-refractivity contribution in [2.75, 3.05) is 18.8 Å². The van der Waals surface area contributed by atoms with Crippen LogP contribution in [0.4, 0.5) is 0 Å². The van der Waals surface area contributed by atoms with Gasteiger partial charge in [0.15, 0.2) is 5.16 Å². The fourth-order valence-electron chi connectivity index (χ4n) is 4.34. The first-order chi connectivity index (χ1) is 15.0. The van der Waals surface area contributed by atoms with Crippen molar-refractivity contribution in [2.45, 2.75) is 37.9 Å². The van der Waals surface area contributed by atoms with Crippen LogP contribution in [-0.4, -0.2) is 59.1 Å². The average molecular weight is 438 g/mol. The number of imidazole rings is 1. The van der Waals surface area contributed by atoms with Gasteiger partial charge in [0.1, 0.15) is 5.65 Å². The van der Waals surface area contributed by atoms with Crippen molar-refractivity contribution >= 4 is 39.7 Å². The lowest BCUT2D eigenvalue weighted by Crippen LogP contribution is -2.43. The van der Waals surface area contributed by atoms with Gasteiger partial charge < -0.3 is 14.9 Å². The molecule has 0 bridgehead atoms. The van der Waals surface area contributed by atoms with Crippen LogP contribution in [0.15, 0.2) is 34.5 Å². The van der Waals surface area contributed by atoms with E-state index in [0.29, 0.717) is 23.8 Å². The summed E-state index contributed by atoms with van der Waals surface area (Å²) in [5.41, 5.74) is 3.92. The zero-order valence-electron chi connectivity index (χ0n) is 17.4. The number of likely N-dealkylation sites (tertiary alicyclic amines) is 1. The van der Waals surface area contributed by atoms with E-state index in [4.69, 9.17) is 0 Å². The summed E-state index contributed by atoms with van der Waals surface area (Å²) in [4.78, 5) is 46.7. The van der Waals surface area contributed by atoms with E-state index in [0.717, 1.165) is 40.8 Å². The monoisotopic (exact) mass is 437 g/mol. The van der Waals surface area contributed by atoms with Gasteiger partial charge in [-0.15, -0.1) is 0 Å². The maximum Gasteiger partial charge on any atom is 0.326 e. The highest BCUT2D eigenvalue weighted by molar-refractivity contribution is 7.99. The maximum absolute atomic E-state index is 12.9. The van der Waals surface area contributed by atoms with Crippen molar-refractivity contribution in [3.8, 4) is 0 Å². The van der Waals surface area contributed by atoms with Crippen molar-refractivity contribution in [3.05, 3.63) is 46.4 Å². The molecule has 9 nitrogen and oxygen atoms in total. The molecule has 4 aromatic rings. The molecule has 1 saturated heterocycles. The Labute approximate surface area is 182 Å². The van der Waals surface area contributed by atoms with Gasteiger partial charge in [-0.1, -0.05) is 11.8 Å². The standard InChI is InChI=1S/C21H23N7O2S/c1-12-8-13(2)25-20(24-12)31-11-17(29)27-7-3-4-14(10-27)28-18-15-5-6-22-19(15)23-9-16(18)26-21(28)30/h5-6,8-9,14H,3-4,7,10-11H2,1-2H3,(H,22,23)(H,26,30). The molecular formula is C21H23N7O2S. The number of H-pyrrole nitrogens is 2. The molecule has 1 aliphatic rings. The predicted molar refractivity (Wildman–Crippen MR) is 119 cm³/mol. The van der Waals surface area contributed by atoms with E-state index in [1.54, 1.807) is 10.8 Å². The number of hydrogen-bond donors (Lipinski definition) is 2. The van der Waals surface area contributed by atoms with E-state index in [-0.39, 0.29) is 23.4 Å². The Morgan fingerprint density at radius 3 is 2.90 bits per heavy atom. The van der Waals surface area contributed by atoms with Crippen LogP contribution in [0.1, 0.15) is 30.3 Å². The van der Waals surface area contributed by atoms with Crippen molar-refractivity contribution < 1.29 is 4.79 Å². The lowest BCUT2D eigenvalue weighted by Gasteiger charge is -2.33. The third-order valence-corrected chi connectivity index (χ3v) is 6.49. The van der Waals surface area contributed by atoms with Crippen LogP contribution in [0.25, 0.3) is 22.1 Å². The molecule has 1 aliphatic heterocycles. The molecule has 1 unspecified atom stereocenters. The molecule has 4 aromatic heterocycles. The van der Waals surface area contributed by atoms with Gasteiger partial charge in [-0.25, -0.2) is 19.7 Å². The predicted octanol–water partition coefficient (Wildman–Crippen LogP) is 2.57. The number of aromatic amines is 2. The molecule has 0 aliphatic carbocycles. The summed E-state index contributed by atoms with van der Waals surface area (Å²) in [5.74, 6) is 0.323. The maximum atomic E-state index is 12.9. The van der Waals surface area contributed by atoms with Crippen molar-refractivity contribution in [1.82, 2.24) is 34.4 Å². The summed E-state index contributed by atoms with van der Waals surface area (Å²) >= 11 is 1.36. The number of carbonyl (C=O) groups is 1. The van der Waals surface area contributed by atoms with E-state index in [1.807, 2.05) is 37.1 Å². The number of pyridine rings is 1. The minimum Gasteiger partial charge on any atom is -0.346 e. The Bertz CT molecular complexity index is 1320. The van der Waals surface area contributed by atoms with Crippen LogP contribution < -0.4 is 5.69 Å². The number of piperidine rings is 1. The van der Waals surface area contributed by atoms with E-state index in [1.165, 1.54) is 11.8 Å². The first-order valence-electron chi connectivity index (χ1n) is 10.3. The van der Waals surface area contributed by atoms with Crippen LogP contribution in [0, 0.1) is 13.8 Å². The zero-order valence-corrected chi connectivity index (χ0v) is 18.2. The Balaban J connectivity index is 1.37. The highest BCUT2D eigenvalue weighted by atomic mass is 32.2. The van der Waals surface area contributed by atoms with Gasteiger partial charge >= 0.3 is 5.69 Å². The highest BCUT2D eigenvalue weighted by Gasteiger charge is 2.28. The van der Waals surface area contributed by atoms with Gasteiger partial charge in [0, 0.05) is 36.1 Å². The van der Waals surface area contributed by atoms with Gasteiger partial charge in [0.25, 0.3) is 0 Å². The van der Waals surface area contributed by atoms with E-state index in [2.05, 4.69) is 24.9 Å². The smallest absolute Gasteiger partial charge is 0.326 e. The highest BCUT2D eigenvalue weighted by Crippen LogP contribution is 2.28. The summed E-state index contributed by atoms with van der Waals surface area (Å²) < 4.78 is 1.80. The lowest BCUT2D eigenvalue weighted by atomic mass is 10.1. The molecule has 0 spiro atoms. The van der Waals surface area contributed by atoms with Crippen LogP contribution in [-0.2, 0) is 4.79 Å². The van der Waals surface area contributed by atoms with Crippen LogP contribution in [0.5, 0.6) is 0 Å². The Morgan fingerprint density at radius 2 is 2.10 bits per heavy atom. The Kier molecular flexibility index (Phi) is 5.01. The zero-order chi connectivity index (χ0) is 21.5. The van der Waals surface area contributed by atoms with Crippen molar-refractivity contribution in [3.63, 3.8) is 0 Å². The number of fused-ring (bicyclic) bond motifs is 3. The molecule has 5 rings (SSSR count). The summed E-state index contributed by atoms with van der Waals surface area (Å²) in [6.07, 6.45) is 5.19. The Hall–Kier alpha value is -3.14. The number of nitrogens with zero attached hydrogens (tertiary/aromatic N) is 5. The lowest BCUT2D eigenvalue weighted by molar-refractivity contribution is -0.129. The number of hydrogen-bond acceptors (Lipinski definition) is 6. The third kappa shape index (κ3) is 3.71. The molecule has 1 atom stereocenters. The second-order valence-corrected chi connectivity index (χ2v) is 8.86. The molecule has 0 saturated carbocycles. The molecule has 2 N–H and O–H groups in total. The van der Waals surface area contributed by atoms with E-state index in [9.17, 15) is 9.59 Å². The topological polar surface area (TPSA) is 113 Å². The second kappa shape index (κ2) is 7.84. The Morgan fingerprint density at radius 1 is 1.29 bits per heavy atom. The van der Waals surface area contributed by atoms with Gasteiger partial charge in [-0.3, -0.25) is 9.36 Å². The van der Waals surface area contributed by atoms with Crippen LogP contribution in [0.2, 0.25) is 0 Å². The van der Waals surface area contributed by atoms with E-state index < -0.39 is 0 Å². The van der Waals surface area contributed by atoms with Gasteiger partial charge in [0.05, 0.1) is 29.0 Å². The molecule has 160 valence electrons. The minimum absolute atomic E-state index is 0.0406. The largest absolute Gasteiger partial charge is 0.346 e. The van der Waals surface area contributed by atoms with Crippen LogP contribution >= 0.6 is 11.8 Å². The molecule has 31 heavy (non-hydrogen) atoms. The van der Waals surface area contributed by atoms with Gasteiger partial charge in [-0.2, -0.15) is 0 Å². The fraction of sp³-hybridized carbons (Fsp3) is 0.381. The first-order valence-corrected chi connectivity index (χ1v) is 11.3. The third-order valence-electron chi connectivity index (χ3n) is 5.66. The molecule has 1 amide bonds.